The van der Waals surface area contributed by atoms with Gasteiger partial charge in [0.1, 0.15) is 0 Å². The fraction of sp³-hybridized carbons (Fsp3) is 0.294. The Hall–Kier alpha value is -1.56. The van der Waals surface area contributed by atoms with Crippen molar-refractivity contribution < 1.29 is 9.59 Å². The van der Waals surface area contributed by atoms with Gasteiger partial charge in [-0.3, -0.25) is 9.59 Å². The Morgan fingerprint density at radius 2 is 1.96 bits per heavy atom. The molecule has 128 valence electrons. The first-order valence-corrected chi connectivity index (χ1v) is 9.05. The molecule has 0 aliphatic carbocycles. The third-order valence-corrected chi connectivity index (χ3v) is 5.01. The number of benzene rings is 1. The lowest BCUT2D eigenvalue weighted by atomic mass is 10.1. The molecular formula is C17H18Cl2N2O2S. The molecule has 0 aliphatic rings. The molecule has 2 N–H and O–H groups in total. The van der Waals surface area contributed by atoms with E-state index in [0.717, 1.165) is 10.4 Å². The van der Waals surface area contributed by atoms with Gasteiger partial charge in [-0.25, -0.2) is 0 Å². The lowest BCUT2D eigenvalue weighted by molar-refractivity contribution is -0.123. The van der Waals surface area contributed by atoms with E-state index in [1.54, 1.807) is 18.2 Å². The minimum Gasteiger partial charge on any atom is -0.349 e. The highest BCUT2D eigenvalue weighted by Crippen LogP contribution is 2.27. The van der Waals surface area contributed by atoms with Crippen LogP contribution in [0.4, 0.5) is 0 Å². The second kappa shape index (κ2) is 8.51. The average molecular weight is 385 g/mol. The van der Waals surface area contributed by atoms with Gasteiger partial charge < -0.3 is 10.6 Å². The van der Waals surface area contributed by atoms with E-state index in [0.29, 0.717) is 10.0 Å². The number of amides is 2. The molecule has 2 atom stereocenters. The predicted molar refractivity (Wildman–Crippen MR) is 98.5 cm³/mol. The molecule has 2 rings (SSSR count). The standard InChI is InChI=1S/C17H18Cl2N2O2S/c1-10(13-6-5-12(18)8-14(13)19)20-17(23)9-15(21-11(2)22)16-4-3-7-24-16/h3-8,10,15H,9H2,1-2H3,(H,20,23)(H,21,22). The zero-order chi connectivity index (χ0) is 17.7. The van der Waals surface area contributed by atoms with Gasteiger partial charge in [-0.05, 0) is 36.1 Å². The number of hydrogen-bond acceptors (Lipinski definition) is 3. The second-order valence-electron chi connectivity index (χ2n) is 5.43. The second-order valence-corrected chi connectivity index (χ2v) is 7.25. The maximum Gasteiger partial charge on any atom is 0.222 e. The lowest BCUT2D eigenvalue weighted by Crippen LogP contribution is -2.33. The smallest absolute Gasteiger partial charge is 0.222 e. The number of rotatable bonds is 6. The van der Waals surface area contributed by atoms with Gasteiger partial charge in [-0.15, -0.1) is 11.3 Å². The molecule has 24 heavy (non-hydrogen) atoms. The van der Waals surface area contributed by atoms with Crippen LogP contribution in [0.5, 0.6) is 0 Å². The van der Waals surface area contributed by atoms with Crippen LogP contribution in [0, 0.1) is 0 Å². The molecule has 1 aromatic carbocycles. The average Bonchev–Trinajstić information content (AvgIpc) is 2.99. The van der Waals surface area contributed by atoms with Crippen molar-refractivity contribution in [3.63, 3.8) is 0 Å². The predicted octanol–water partition coefficient (Wildman–Crippen LogP) is 4.50. The summed E-state index contributed by atoms with van der Waals surface area (Å²) in [4.78, 5) is 24.7. The molecule has 4 nitrogen and oxygen atoms in total. The Balaban J connectivity index is 2.03. The van der Waals surface area contributed by atoms with Crippen LogP contribution in [-0.2, 0) is 9.59 Å². The summed E-state index contributed by atoms with van der Waals surface area (Å²) >= 11 is 13.6. The molecule has 7 heteroatoms. The summed E-state index contributed by atoms with van der Waals surface area (Å²) in [6, 6.07) is 8.37. The summed E-state index contributed by atoms with van der Waals surface area (Å²) in [5.41, 5.74) is 0.793. The van der Waals surface area contributed by atoms with Crippen molar-refractivity contribution in [1.82, 2.24) is 10.6 Å². The van der Waals surface area contributed by atoms with E-state index >= 15 is 0 Å². The molecule has 0 saturated carbocycles. The Morgan fingerprint density at radius 1 is 1.21 bits per heavy atom. The van der Waals surface area contributed by atoms with Crippen molar-refractivity contribution in [1.29, 1.82) is 0 Å². The Bertz CT molecular complexity index is 719. The first-order valence-electron chi connectivity index (χ1n) is 7.41. The SMILES string of the molecule is CC(=O)NC(CC(=O)NC(C)c1ccc(Cl)cc1Cl)c1cccs1. The number of carbonyl (C=O) groups is 2. The highest BCUT2D eigenvalue weighted by Gasteiger charge is 2.20. The fourth-order valence-corrected chi connectivity index (χ4v) is 3.72. The highest BCUT2D eigenvalue weighted by molar-refractivity contribution is 7.10. The molecule has 0 spiro atoms. The van der Waals surface area contributed by atoms with Crippen LogP contribution in [0.15, 0.2) is 35.7 Å². The summed E-state index contributed by atoms with van der Waals surface area (Å²) < 4.78 is 0. The van der Waals surface area contributed by atoms with Crippen LogP contribution < -0.4 is 10.6 Å². The van der Waals surface area contributed by atoms with Crippen LogP contribution in [0.3, 0.4) is 0 Å². The molecule has 0 radical (unpaired) electrons. The van der Waals surface area contributed by atoms with E-state index < -0.39 is 0 Å². The van der Waals surface area contributed by atoms with Crippen molar-refractivity contribution in [3.8, 4) is 0 Å². The van der Waals surface area contributed by atoms with Gasteiger partial charge in [-0.1, -0.05) is 35.3 Å². The lowest BCUT2D eigenvalue weighted by Gasteiger charge is -2.19. The molecule has 0 bridgehead atoms. The molecular weight excluding hydrogens is 367 g/mol. The summed E-state index contributed by atoms with van der Waals surface area (Å²) in [5, 5.41) is 8.69. The number of carbonyl (C=O) groups excluding carboxylic acids is 2. The van der Waals surface area contributed by atoms with Crippen molar-refractivity contribution in [2.75, 3.05) is 0 Å². The topological polar surface area (TPSA) is 58.2 Å². The van der Waals surface area contributed by atoms with E-state index in [4.69, 9.17) is 23.2 Å². The molecule has 2 unspecified atom stereocenters. The normalized spacial score (nSPS) is 13.2. The number of nitrogens with one attached hydrogen (secondary N) is 2. The van der Waals surface area contributed by atoms with Crippen molar-refractivity contribution in [2.24, 2.45) is 0 Å². The summed E-state index contributed by atoms with van der Waals surface area (Å²) in [6.45, 7) is 3.29. The maximum absolute atomic E-state index is 12.4. The first kappa shape index (κ1) is 18.8. The van der Waals surface area contributed by atoms with Crippen LogP contribution >= 0.6 is 34.5 Å². The van der Waals surface area contributed by atoms with Gasteiger partial charge in [0.05, 0.1) is 18.5 Å². The van der Waals surface area contributed by atoms with Gasteiger partial charge in [-0.2, -0.15) is 0 Å². The van der Waals surface area contributed by atoms with Gasteiger partial charge in [0.15, 0.2) is 0 Å². The van der Waals surface area contributed by atoms with Crippen molar-refractivity contribution >= 4 is 46.4 Å². The van der Waals surface area contributed by atoms with Crippen LogP contribution in [0.1, 0.15) is 42.8 Å². The summed E-state index contributed by atoms with van der Waals surface area (Å²) in [7, 11) is 0. The van der Waals surface area contributed by atoms with Crippen LogP contribution in [-0.4, -0.2) is 11.8 Å². The van der Waals surface area contributed by atoms with Crippen LogP contribution in [0.25, 0.3) is 0 Å². The van der Waals surface area contributed by atoms with E-state index in [1.165, 1.54) is 18.3 Å². The van der Waals surface area contributed by atoms with Gasteiger partial charge in [0, 0.05) is 21.8 Å². The zero-order valence-corrected chi connectivity index (χ0v) is 15.6. The Morgan fingerprint density at radius 3 is 2.54 bits per heavy atom. The Kier molecular flexibility index (Phi) is 6.66. The first-order chi connectivity index (χ1) is 11.4. The molecule has 2 aromatic rings. The van der Waals surface area contributed by atoms with E-state index in [-0.39, 0.29) is 30.3 Å². The quantitative estimate of drug-likeness (QED) is 0.769. The minimum absolute atomic E-state index is 0.162. The van der Waals surface area contributed by atoms with E-state index in [9.17, 15) is 9.59 Å². The molecule has 1 aromatic heterocycles. The van der Waals surface area contributed by atoms with Gasteiger partial charge in [0.25, 0.3) is 0 Å². The fourth-order valence-electron chi connectivity index (χ4n) is 2.37. The summed E-state index contributed by atoms with van der Waals surface area (Å²) in [6.07, 6.45) is 0.162. The van der Waals surface area contributed by atoms with Gasteiger partial charge in [0.2, 0.25) is 11.8 Å². The van der Waals surface area contributed by atoms with E-state index in [2.05, 4.69) is 10.6 Å². The Labute approximate surface area is 155 Å². The monoisotopic (exact) mass is 384 g/mol. The minimum atomic E-state index is -0.338. The molecule has 0 fully saturated rings. The summed E-state index contributed by atoms with van der Waals surface area (Å²) in [5.74, 6) is -0.337. The van der Waals surface area contributed by atoms with Crippen molar-refractivity contribution in [2.45, 2.75) is 32.4 Å². The number of thiophene rings is 1. The molecule has 0 aliphatic heterocycles. The highest BCUT2D eigenvalue weighted by atomic mass is 35.5. The third-order valence-electron chi connectivity index (χ3n) is 3.46. The number of hydrogen-bond donors (Lipinski definition) is 2. The third kappa shape index (κ3) is 5.23. The zero-order valence-electron chi connectivity index (χ0n) is 13.3. The van der Waals surface area contributed by atoms with E-state index in [1.807, 2.05) is 24.4 Å². The van der Waals surface area contributed by atoms with Gasteiger partial charge >= 0.3 is 0 Å². The van der Waals surface area contributed by atoms with Crippen molar-refractivity contribution in [3.05, 3.63) is 56.2 Å². The molecule has 1 heterocycles. The largest absolute Gasteiger partial charge is 0.349 e. The molecule has 2 amide bonds. The maximum atomic E-state index is 12.4. The van der Waals surface area contributed by atoms with Crippen LogP contribution in [0.2, 0.25) is 10.0 Å². The number of halogens is 2. The molecule has 0 saturated heterocycles.